The molecule has 5 heteroatoms. The number of carbonyl (C=O) groups is 1. The average Bonchev–Trinajstić information content (AvgIpc) is 2.36. The van der Waals surface area contributed by atoms with Crippen LogP contribution in [0.3, 0.4) is 0 Å². The molecule has 1 amide bonds. The van der Waals surface area contributed by atoms with Crippen LogP contribution in [0.25, 0.3) is 0 Å². The summed E-state index contributed by atoms with van der Waals surface area (Å²) in [6.07, 6.45) is 0.316. The number of nitrogens with zero attached hydrogens (tertiary/aromatic N) is 3. The zero-order chi connectivity index (χ0) is 16.2. The van der Waals surface area contributed by atoms with E-state index in [2.05, 4.69) is 11.1 Å². The Kier molecular flexibility index (Phi) is 5.31. The van der Waals surface area contributed by atoms with E-state index < -0.39 is 0 Å². The van der Waals surface area contributed by atoms with Crippen LogP contribution in [0, 0.1) is 11.3 Å². The number of nitrogens with two attached hydrogens (primary N) is 1. The maximum atomic E-state index is 12.7. The predicted octanol–water partition coefficient (Wildman–Crippen LogP) is 2.73. The number of pyridine rings is 1. The third-order valence-electron chi connectivity index (χ3n) is 3.21. The Labute approximate surface area is 126 Å². The van der Waals surface area contributed by atoms with E-state index in [0.29, 0.717) is 24.3 Å². The Morgan fingerprint density at radius 2 is 2.05 bits per heavy atom. The van der Waals surface area contributed by atoms with E-state index >= 15 is 0 Å². The number of nitriles is 1. The summed E-state index contributed by atoms with van der Waals surface area (Å²) < 4.78 is 0. The molecule has 0 aliphatic heterocycles. The van der Waals surface area contributed by atoms with E-state index in [1.807, 2.05) is 34.6 Å². The van der Waals surface area contributed by atoms with Gasteiger partial charge in [-0.3, -0.25) is 4.79 Å². The first-order valence-corrected chi connectivity index (χ1v) is 7.12. The standard InChI is InChI=1S/C16H24N4O/c1-11(2)20(8-6-7-17)15(21)12-9-13(16(3,4)5)19-14(18)10-12/h9-11H,6,8H2,1-5H3,(H2,18,19). The molecule has 0 atom stereocenters. The van der Waals surface area contributed by atoms with Crippen LogP contribution in [0.1, 0.15) is 57.1 Å². The molecular formula is C16H24N4O. The monoisotopic (exact) mass is 288 g/mol. The van der Waals surface area contributed by atoms with E-state index in [0.717, 1.165) is 5.69 Å². The van der Waals surface area contributed by atoms with Crippen molar-refractivity contribution in [2.45, 2.75) is 52.5 Å². The molecule has 0 aliphatic rings. The van der Waals surface area contributed by atoms with Crippen LogP contribution in [-0.2, 0) is 5.41 Å². The number of hydrogen-bond donors (Lipinski definition) is 1. The SMILES string of the molecule is CC(C)N(CCC#N)C(=O)c1cc(N)nc(C(C)(C)C)c1. The fourth-order valence-corrected chi connectivity index (χ4v) is 1.99. The first kappa shape index (κ1) is 17.0. The van der Waals surface area contributed by atoms with E-state index in [1.54, 1.807) is 17.0 Å². The molecule has 0 radical (unpaired) electrons. The lowest BCUT2D eigenvalue weighted by Crippen LogP contribution is -2.38. The molecule has 5 nitrogen and oxygen atoms in total. The van der Waals surface area contributed by atoms with Gasteiger partial charge in [0.2, 0.25) is 0 Å². The second-order valence-electron chi connectivity index (χ2n) is 6.42. The molecule has 0 saturated carbocycles. The summed E-state index contributed by atoms with van der Waals surface area (Å²) in [5.74, 6) is 0.231. The van der Waals surface area contributed by atoms with Gasteiger partial charge in [-0.15, -0.1) is 0 Å². The topological polar surface area (TPSA) is 83.0 Å². The highest BCUT2D eigenvalue weighted by atomic mass is 16.2. The van der Waals surface area contributed by atoms with Gasteiger partial charge in [-0.25, -0.2) is 4.98 Å². The van der Waals surface area contributed by atoms with Crippen molar-refractivity contribution in [2.75, 3.05) is 12.3 Å². The number of carbonyl (C=O) groups excluding carboxylic acids is 1. The molecule has 0 aliphatic carbocycles. The van der Waals surface area contributed by atoms with Crippen molar-refractivity contribution in [1.29, 1.82) is 5.26 Å². The van der Waals surface area contributed by atoms with Gasteiger partial charge in [0.05, 0.1) is 12.5 Å². The Morgan fingerprint density at radius 1 is 1.43 bits per heavy atom. The zero-order valence-corrected chi connectivity index (χ0v) is 13.5. The van der Waals surface area contributed by atoms with Crippen molar-refractivity contribution < 1.29 is 4.79 Å². The van der Waals surface area contributed by atoms with Crippen LogP contribution in [0.2, 0.25) is 0 Å². The van der Waals surface area contributed by atoms with Crippen molar-refractivity contribution in [2.24, 2.45) is 0 Å². The quantitative estimate of drug-likeness (QED) is 0.923. The fraction of sp³-hybridized carbons (Fsp3) is 0.562. The normalized spacial score (nSPS) is 11.3. The maximum absolute atomic E-state index is 12.7. The summed E-state index contributed by atoms with van der Waals surface area (Å²) in [6.45, 7) is 10.4. The van der Waals surface area contributed by atoms with Crippen molar-refractivity contribution in [3.63, 3.8) is 0 Å². The lowest BCUT2D eigenvalue weighted by Gasteiger charge is -2.27. The Balaban J connectivity index is 3.16. The Morgan fingerprint density at radius 3 is 2.52 bits per heavy atom. The highest BCUT2D eigenvalue weighted by Crippen LogP contribution is 2.23. The van der Waals surface area contributed by atoms with Crippen LogP contribution in [0.15, 0.2) is 12.1 Å². The predicted molar refractivity (Wildman–Crippen MR) is 83.8 cm³/mol. The number of rotatable bonds is 4. The van der Waals surface area contributed by atoms with Gasteiger partial charge in [0.15, 0.2) is 0 Å². The molecule has 0 fully saturated rings. The summed E-state index contributed by atoms with van der Waals surface area (Å²) in [5.41, 5.74) is 6.97. The third kappa shape index (κ3) is 4.45. The molecule has 0 saturated heterocycles. The number of hydrogen-bond acceptors (Lipinski definition) is 4. The van der Waals surface area contributed by atoms with E-state index in [-0.39, 0.29) is 17.4 Å². The summed E-state index contributed by atoms with van der Waals surface area (Å²) in [7, 11) is 0. The van der Waals surface area contributed by atoms with Crippen LogP contribution in [0.5, 0.6) is 0 Å². The summed E-state index contributed by atoms with van der Waals surface area (Å²) in [6, 6.07) is 5.49. The van der Waals surface area contributed by atoms with Crippen LogP contribution in [0.4, 0.5) is 5.82 Å². The summed E-state index contributed by atoms with van der Waals surface area (Å²) >= 11 is 0. The second kappa shape index (κ2) is 6.57. The largest absolute Gasteiger partial charge is 0.384 e. The van der Waals surface area contributed by atoms with Gasteiger partial charge in [-0.05, 0) is 26.0 Å². The van der Waals surface area contributed by atoms with Gasteiger partial charge in [0.1, 0.15) is 5.82 Å². The molecule has 1 heterocycles. The highest BCUT2D eigenvalue weighted by Gasteiger charge is 2.22. The molecule has 2 N–H and O–H groups in total. The van der Waals surface area contributed by atoms with Crippen molar-refractivity contribution in [1.82, 2.24) is 9.88 Å². The molecular weight excluding hydrogens is 264 g/mol. The minimum absolute atomic E-state index is 0.0262. The van der Waals surface area contributed by atoms with Gasteiger partial charge >= 0.3 is 0 Å². The van der Waals surface area contributed by atoms with E-state index in [1.165, 1.54) is 0 Å². The Hall–Kier alpha value is -2.09. The molecule has 1 aromatic rings. The summed E-state index contributed by atoms with van der Waals surface area (Å²) in [5, 5.41) is 8.73. The fourth-order valence-electron chi connectivity index (χ4n) is 1.99. The average molecular weight is 288 g/mol. The number of nitrogen functional groups attached to an aromatic ring is 1. The first-order chi connectivity index (χ1) is 9.66. The molecule has 1 aromatic heterocycles. The Bertz CT molecular complexity index is 552. The van der Waals surface area contributed by atoms with Crippen LogP contribution < -0.4 is 5.73 Å². The molecule has 0 bridgehead atoms. The maximum Gasteiger partial charge on any atom is 0.254 e. The van der Waals surface area contributed by atoms with Crippen LogP contribution >= 0.6 is 0 Å². The lowest BCUT2D eigenvalue weighted by atomic mass is 9.90. The third-order valence-corrected chi connectivity index (χ3v) is 3.21. The smallest absolute Gasteiger partial charge is 0.254 e. The minimum Gasteiger partial charge on any atom is -0.384 e. The molecule has 0 unspecified atom stereocenters. The minimum atomic E-state index is -0.181. The molecule has 21 heavy (non-hydrogen) atoms. The number of aromatic nitrogens is 1. The second-order valence-corrected chi connectivity index (χ2v) is 6.42. The number of amides is 1. The number of anilines is 1. The highest BCUT2D eigenvalue weighted by molar-refractivity contribution is 5.95. The lowest BCUT2D eigenvalue weighted by molar-refractivity contribution is 0.0710. The summed E-state index contributed by atoms with van der Waals surface area (Å²) in [4.78, 5) is 18.7. The van der Waals surface area contributed by atoms with Crippen molar-refractivity contribution >= 4 is 11.7 Å². The van der Waals surface area contributed by atoms with Gasteiger partial charge < -0.3 is 10.6 Å². The molecule has 0 aromatic carbocycles. The van der Waals surface area contributed by atoms with Gasteiger partial charge in [0, 0.05) is 29.3 Å². The van der Waals surface area contributed by atoms with Gasteiger partial charge in [0.25, 0.3) is 5.91 Å². The van der Waals surface area contributed by atoms with Crippen LogP contribution in [-0.4, -0.2) is 28.4 Å². The molecule has 1 rings (SSSR count). The van der Waals surface area contributed by atoms with E-state index in [9.17, 15) is 4.79 Å². The zero-order valence-electron chi connectivity index (χ0n) is 13.5. The van der Waals surface area contributed by atoms with Gasteiger partial charge in [-0.2, -0.15) is 5.26 Å². The van der Waals surface area contributed by atoms with Crippen molar-refractivity contribution in [3.8, 4) is 6.07 Å². The first-order valence-electron chi connectivity index (χ1n) is 7.12. The van der Waals surface area contributed by atoms with Gasteiger partial charge in [-0.1, -0.05) is 20.8 Å². The molecule has 114 valence electrons. The van der Waals surface area contributed by atoms with E-state index in [4.69, 9.17) is 11.0 Å². The molecule has 0 spiro atoms. The van der Waals surface area contributed by atoms with Crippen molar-refractivity contribution in [3.05, 3.63) is 23.4 Å².